The maximum atomic E-state index is 10.5. The third-order valence-electron chi connectivity index (χ3n) is 1.04. The third-order valence-corrected chi connectivity index (χ3v) is 1.73. The second-order valence-corrected chi connectivity index (χ2v) is 2.48. The van der Waals surface area contributed by atoms with E-state index >= 15 is 0 Å². The quantitative estimate of drug-likeness (QED) is 0.480. The third kappa shape index (κ3) is 2.36. The van der Waals surface area contributed by atoms with Crippen molar-refractivity contribution in [2.45, 2.75) is 18.2 Å². The van der Waals surface area contributed by atoms with Gasteiger partial charge in [0, 0.05) is 0 Å². The van der Waals surface area contributed by atoms with E-state index in [1.165, 1.54) is 6.92 Å². The lowest BCUT2D eigenvalue weighted by atomic mass is 10.1. The number of carboxylic acids is 1. The summed E-state index contributed by atoms with van der Waals surface area (Å²) in [7, 11) is 0. The lowest BCUT2D eigenvalue weighted by Gasteiger charge is -2.10. The van der Waals surface area contributed by atoms with Crippen LogP contribution in [0.2, 0.25) is 0 Å². The van der Waals surface area contributed by atoms with Gasteiger partial charge in [0.25, 0.3) is 0 Å². The average Bonchev–Trinajstić information content (AvgIpc) is 1.84. The molecule has 0 aliphatic heterocycles. The Morgan fingerprint density at radius 3 is 2.10 bits per heavy atom. The van der Waals surface area contributed by atoms with Crippen LogP contribution in [0.4, 0.5) is 0 Å². The number of carbonyl (C=O) groups excluding carboxylic acids is 1. The first-order valence-corrected chi connectivity index (χ1v) is 3.15. The Hall–Kier alpha value is -0.550. The van der Waals surface area contributed by atoms with Crippen LogP contribution in [0.5, 0.6) is 0 Å². The summed E-state index contributed by atoms with van der Waals surface area (Å²) in [4.78, 5) is 20.6. The Balaban J connectivity index is 4.07. The summed E-state index contributed by atoms with van der Waals surface area (Å²) in [6.45, 7) is 1.25. The molecule has 0 aliphatic carbocycles. The number of carboxylic acid groups (broad SMARTS) is 1. The largest absolute Gasteiger partial charge is 0.480 e. The Bertz CT molecular complexity index is 141. The fraction of sp³-hybridized carbons (Fsp3) is 0.600. The van der Waals surface area contributed by atoms with Crippen molar-refractivity contribution in [2.75, 3.05) is 0 Å². The first-order chi connectivity index (χ1) is 4.46. The first kappa shape index (κ1) is 9.45. The first-order valence-electron chi connectivity index (χ1n) is 2.63. The molecule has 10 heavy (non-hydrogen) atoms. The van der Waals surface area contributed by atoms with E-state index in [4.69, 9.17) is 10.8 Å². The molecular weight excluding hydrogens is 154 g/mol. The molecule has 0 aromatic carbocycles. The predicted octanol–water partition coefficient (Wildman–Crippen LogP) is -0.714. The molecule has 0 rings (SSSR count). The van der Waals surface area contributed by atoms with Gasteiger partial charge in [-0.05, 0) is 6.92 Å². The van der Waals surface area contributed by atoms with Crippen molar-refractivity contribution in [1.29, 1.82) is 0 Å². The van der Waals surface area contributed by atoms with Gasteiger partial charge in [-0.1, -0.05) is 0 Å². The molecule has 0 aromatic heterocycles. The monoisotopic (exact) mass is 163 g/mol. The van der Waals surface area contributed by atoms with Crippen LogP contribution in [-0.2, 0) is 9.59 Å². The van der Waals surface area contributed by atoms with Crippen LogP contribution in [0.1, 0.15) is 6.92 Å². The summed E-state index contributed by atoms with van der Waals surface area (Å²) in [6, 6.07) is -1.21. The van der Waals surface area contributed by atoms with Crippen molar-refractivity contribution < 1.29 is 14.7 Å². The number of thiol groups is 1. The summed E-state index contributed by atoms with van der Waals surface area (Å²) in [6.07, 6.45) is 0. The molecule has 0 amide bonds. The Morgan fingerprint density at radius 2 is 2.00 bits per heavy atom. The van der Waals surface area contributed by atoms with Gasteiger partial charge in [-0.15, -0.1) is 0 Å². The number of carbonyl (C=O) groups is 2. The van der Waals surface area contributed by atoms with Crippen LogP contribution >= 0.6 is 12.6 Å². The van der Waals surface area contributed by atoms with Crippen LogP contribution in [0.3, 0.4) is 0 Å². The molecule has 3 N–H and O–H groups in total. The predicted molar refractivity (Wildman–Crippen MR) is 39.1 cm³/mol. The number of Topliss-reactive ketones (excluding diaryl/α,β-unsaturated/α-hetero) is 1. The average molecular weight is 163 g/mol. The molecule has 1 unspecified atom stereocenters. The number of ketones is 1. The Labute approximate surface area is 63.8 Å². The molecule has 0 bridgehead atoms. The van der Waals surface area contributed by atoms with Crippen molar-refractivity contribution in [1.82, 2.24) is 0 Å². The van der Waals surface area contributed by atoms with Gasteiger partial charge in [-0.2, -0.15) is 12.6 Å². The highest BCUT2D eigenvalue weighted by Crippen LogP contribution is 2.00. The van der Waals surface area contributed by atoms with Crippen molar-refractivity contribution in [2.24, 2.45) is 5.73 Å². The maximum Gasteiger partial charge on any atom is 0.322 e. The molecule has 0 aromatic rings. The van der Waals surface area contributed by atoms with E-state index in [0.717, 1.165) is 0 Å². The molecule has 4 nitrogen and oxygen atoms in total. The maximum absolute atomic E-state index is 10.5. The second kappa shape index (κ2) is 3.58. The van der Waals surface area contributed by atoms with Crippen LogP contribution in [0.25, 0.3) is 0 Å². The minimum Gasteiger partial charge on any atom is -0.480 e. The van der Waals surface area contributed by atoms with Gasteiger partial charge >= 0.3 is 5.97 Å². The number of nitrogens with two attached hydrogens (primary N) is 1. The van der Waals surface area contributed by atoms with E-state index in [0.29, 0.717) is 0 Å². The summed E-state index contributed by atoms with van der Waals surface area (Å²) in [5, 5.41) is 7.37. The Morgan fingerprint density at radius 1 is 1.60 bits per heavy atom. The van der Waals surface area contributed by atoms with E-state index in [-0.39, 0.29) is 5.78 Å². The van der Waals surface area contributed by atoms with E-state index in [1.807, 2.05) is 0 Å². The van der Waals surface area contributed by atoms with Gasteiger partial charge in [0.2, 0.25) is 0 Å². The van der Waals surface area contributed by atoms with Crippen LogP contribution in [0, 0.1) is 0 Å². The standard InChI is InChI=1S/C5H9NO3S/c1-2(7)4(10)3(6)5(8)9/h3-4,10H,6H2,1H3,(H,8,9)/t3?,4-/m1/s1. The highest BCUT2D eigenvalue weighted by molar-refractivity contribution is 7.82. The summed E-state index contributed by atoms with van der Waals surface area (Å²) < 4.78 is 0. The van der Waals surface area contributed by atoms with Crippen LogP contribution < -0.4 is 5.73 Å². The zero-order valence-electron chi connectivity index (χ0n) is 5.44. The molecule has 0 spiro atoms. The summed E-state index contributed by atoms with van der Waals surface area (Å²) in [5.41, 5.74) is 5.06. The van der Waals surface area contributed by atoms with E-state index in [2.05, 4.69) is 12.6 Å². The van der Waals surface area contributed by atoms with Gasteiger partial charge in [0.05, 0.1) is 5.25 Å². The number of hydrogen-bond acceptors (Lipinski definition) is 4. The highest BCUT2D eigenvalue weighted by atomic mass is 32.1. The van der Waals surface area contributed by atoms with E-state index in [1.54, 1.807) is 0 Å². The van der Waals surface area contributed by atoms with Gasteiger partial charge < -0.3 is 10.8 Å². The van der Waals surface area contributed by atoms with Crippen LogP contribution in [-0.4, -0.2) is 28.2 Å². The van der Waals surface area contributed by atoms with E-state index < -0.39 is 17.3 Å². The minimum atomic E-state index is -1.21. The zero-order valence-corrected chi connectivity index (χ0v) is 6.34. The van der Waals surface area contributed by atoms with Gasteiger partial charge in [0.1, 0.15) is 11.8 Å². The molecule has 0 fully saturated rings. The molecule has 0 saturated heterocycles. The topological polar surface area (TPSA) is 80.4 Å². The van der Waals surface area contributed by atoms with Gasteiger partial charge in [-0.25, -0.2) is 0 Å². The molecule has 0 radical (unpaired) electrons. The SMILES string of the molecule is CC(=O)[C@@H](S)C(N)C(=O)O. The normalized spacial score (nSPS) is 15.9. The van der Waals surface area contributed by atoms with Crippen LogP contribution in [0.15, 0.2) is 0 Å². The molecule has 0 saturated carbocycles. The molecule has 5 heteroatoms. The van der Waals surface area contributed by atoms with Gasteiger partial charge in [-0.3, -0.25) is 9.59 Å². The van der Waals surface area contributed by atoms with Crippen molar-refractivity contribution >= 4 is 24.4 Å². The smallest absolute Gasteiger partial charge is 0.322 e. The zero-order chi connectivity index (χ0) is 8.31. The molecule has 0 heterocycles. The van der Waals surface area contributed by atoms with Crippen molar-refractivity contribution in [3.05, 3.63) is 0 Å². The number of rotatable bonds is 3. The number of aliphatic carboxylic acids is 1. The van der Waals surface area contributed by atoms with Crippen molar-refractivity contribution in [3.63, 3.8) is 0 Å². The molecule has 0 aliphatic rings. The second-order valence-electron chi connectivity index (χ2n) is 1.92. The molecule has 2 atom stereocenters. The minimum absolute atomic E-state index is 0.335. The molecular formula is C5H9NO3S. The Kier molecular flexibility index (Phi) is 3.38. The number of hydrogen-bond donors (Lipinski definition) is 3. The molecule has 58 valence electrons. The summed E-state index contributed by atoms with van der Waals surface area (Å²) >= 11 is 3.70. The lowest BCUT2D eigenvalue weighted by molar-refractivity contribution is -0.139. The van der Waals surface area contributed by atoms with E-state index in [9.17, 15) is 9.59 Å². The van der Waals surface area contributed by atoms with Gasteiger partial charge in [0.15, 0.2) is 0 Å². The summed E-state index contributed by atoms with van der Waals surface area (Å²) in [5.74, 6) is -1.55. The fourth-order valence-electron chi connectivity index (χ4n) is 0.388. The highest BCUT2D eigenvalue weighted by Gasteiger charge is 2.23. The van der Waals surface area contributed by atoms with Crippen molar-refractivity contribution in [3.8, 4) is 0 Å². The lowest BCUT2D eigenvalue weighted by Crippen LogP contribution is -2.42. The fourth-order valence-corrected chi connectivity index (χ4v) is 0.515.